The molecule has 9 heteroatoms. The first-order valence-corrected chi connectivity index (χ1v) is 8.21. The van der Waals surface area contributed by atoms with E-state index in [4.69, 9.17) is 0 Å². The third-order valence-corrected chi connectivity index (χ3v) is 5.39. The predicted octanol–water partition coefficient (Wildman–Crippen LogP) is 2.37. The molecule has 21 heavy (non-hydrogen) atoms. The highest BCUT2D eigenvalue weighted by atomic mass is 32.2. The average molecular weight is 326 g/mol. The maximum absolute atomic E-state index is 12.0. The predicted molar refractivity (Wildman–Crippen MR) is 75.0 cm³/mol. The third-order valence-electron chi connectivity index (χ3n) is 2.46. The molecule has 0 heterocycles. The molecule has 0 saturated carbocycles. The number of hydrogen-bond acceptors (Lipinski definition) is 6. The second-order valence-electron chi connectivity index (χ2n) is 3.85. The van der Waals surface area contributed by atoms with Crippen LogP contribution in [0.3, 0.4) is 0 Å². The average Bonchev–Trinajstić information content (AvgIpc) is 2.47. The van der Waals surface area contributed by atoms with Crippen molar-refractivity contribution in [3.05, 3.63) is 64.7 Å². The molecule has 0 aliphatic heterocycles. The highest BCUT2D eigenvalue weighted by Gasteiger charge is 2.36. The fraction of sp³-hybridized carbons (Fsp3) is 0. The van der Waals surface area contributed by atoms with Crippen molar-refractivity contribution < 1.29 is 21.9 Å². The fourth-order valence-corrected chi connectivity index (χ4v) is 3.98. The molecule has 1 atom stereocenters. The molecule has 2 aromatic carbocycles. The van der Waals surface area contributed by atoms with Gasteiger partial charge in [0.05, 0.1) is 4.92 Å². The van der Waals surface area contributed by atoms with Crippen molar-refractivity contribution in [2.75, 3.05) is 0 Å². The number of para-hydroxylation sites is 1. The summed E-state index contributed by atoms with van der Waals surface area (Å²) >= 11 is 0. The van der Waals surface area contributed by atoms with Crippen LogP contribution < -0.4 is 5.30 Å². The number of rotatable bonds is 5. The van der Waals surface area contributed by atoms with Crippen molar-refractivity contribution in [3.8, 4) is 0 Å². The Morgan fingerprint density at radius 3 is 2.19 bits per heavy atom. The molecule has 0 amide bonds. The number of nitro groups is 1. The van der Waals surface area contributed by atoms with Gasteiger partial charge in [-0.25, -0.2) is 0 Å². The van der Waals surface area contributed by atoms with Gasteiger partial charge in [0.25, 0.3) is 5.69 Å². The summed E-state index contributed by atoms with van der Waals surface area (Å²) in [6, 6.07) is 12.4. The van der Waals surface area contributed by atoms with Crippen molar-refractivity contribution in [1.82, 2.24) is 0 Å². The van der Waals surface area contributed by atoms with Gasteiger partial charge in [0.15, 0.2) is 4.90 Å². The van der Waals surface area contributed by atoms with Crippen LogP contribution in [0.5, 0.6) is 0 Å². The Kier molecular flexibility index (Phi) is 4.42. The third kappa shape index (κ3) is 3.49. The van der Waals surface area contributed by atoms with E-state index in [0.29, 0.717) is 0 Å². The quantitative estimate of drug-likeness (QED) is 0.474. The van der Waals surface area contributed by atoms with E-state index in [2.05, 4.69) is 3.97 Å². The Morgan fingerprint density at radius 2 is 1.57 bits per heavy atom. The molecular weight excluding hydrogens is 317 g/mol. The lowest BCUT2D eigenvalue weighted by Gasteiger charge is -1.99. The molecule has 108 valence electrons. The van der Waals surface area contributed by atoms with Crippen LogP contribution in [0.4, 0.5) is 5.69 Å². The maximum Gasteiger partial charge on any atom is 0.566 e. The molecule has 2 aromatic rings. The summed E-state index contributed by atoms with van der Waals surface area (Å²) in [6.07, 6.45) is 0. The second-order valence-corrected chi connectivity index (χ2v) is 6.82. The molecular formula is C12H9NO6PS+. The van der Waals surface area contributed by atoms with Crippen LogP contribution in [0.15, 0.2) is 59.5 Å². The van der Waals surface area contributed by atoms with Crippen LogP contribution in [0.2, 0.25) is 0 Å². The van der Waals surface area contributed by atoms with Crippen LogP contribution in [0, 0.1) is 10.1 Å². The van der Waals surface area contributed by atoms with Gasteiger partial charge >= 0.3 is 18.1 Å². The van der Waals surface area contributed by atoms with Gasteiger partial charge in [0.1, 0.15) is 0 Å². The summed E-state index contributed by atoms with van der Waals surface area (Å²) in [6.45, 7) is 0. The Balaban J connectivity index is 2.36. The highest BCUT2D eigenvalue weighted by molar-refractivity contribution is 7.90. The molecule has 0 aromatic heterocycles. The molecule has 1 unspecified atom stereocenters. The summed E-state index contributed by atoms with van der Waals surface area (Å²) in [5, 5.41) is 11.0. The topological polar surface area (TPSA) is 104 Å². The van der Waals surface area contributed by atoms with Gasteiger partial charge in [-0.05, 0) is 26.7 Å². The number of nitrogens with zero attached hydrogens (tertiary/aromatic N) is 1. The van der Waals surface area contributed by atoms with E-state index in [1.807, 2.05) is 0 Å². The summed E-state index contributed by atoms with van der Waals surface area (Å²) in [7, 11) is -7.19. The van der Waals surface area contributed by atoms with Gasteiger partial charge in [-0.15, -0.1) is 0 Å². The van der Waals surface area contributed by atoms with Crippen LogP contribution in [-0.2, 0) is 18.7 Å². The van der Waals surface area contributed by atoms with Crippen LogP contribution in [0.25, 0.3) is 0 Å². The molecule has 2 rings (SSSR count). The molecule has 0 radical (unpaired) electrons. The van der Waals surface area contributed by atoms with Gasteiger partial charge in [0.2, 0.25) is 5.30 Å². The van der Waals surface area contributed by atoms with Crippen molar-refractivity contribution in [2.45, 2.75) is 4.90 Å². The highest BCUT2D eigenvalue weighted by Crippen LogP contribution is 2.32. The lowest BCUT2D eigenvalue weighted by molar-refractivity contribution is -0.387. The van der Waals surface area contributed by atoms with Crippen molar-refractivity contribution in [2.24, 2.45) is 0 Å². The van der Waals surface area contributed by atoms with Crippen molar-refractivity contribution in [1.29, 1.82) is 0 Å². The van der Waals surface area contributed by atoms with Gasteiger partial charge in [-0.1, -0.05) is 30.3 Å². The van der Waals surface area contributed by atoms with Gasteiger partial charge in [-0.2, -0.15) is 8.42 Å². The van der Waals surface area contributed by atoms with Gasteiger partial charge in [0, 0.05) is 6.07 Å². The van der Waals surface area contributed by atoms with Crippen molar-refractivity contribution in [3.63, 3.8) is 0 Å². The van der Waals surface area contributed by atoms with E-state index in [1.165, 1.54) is 24.3 Å². The molecule has 0 N–H and O–H groups in total. The normalized spacial score (nSPS) is 11.9. The first kappa shape index (κ1) is 15.2. The summed E-state index contributed by atoms with van der Waals surface area (Å²) in [5.74, 6) is 0. The minimum Gasteiger partial charge on any atom is -0.258 e. The molecule has 0 aliphatic rings. The Hall–Kier alpha value is -2.15. The van der Waals surface area contributed by atoms with Crippen LogP contribution in [-0.4, -0.2) is 13.3 Å². The van der Waals surface area contributed by atoms with Gasteiger partial charge in [-0.3, -0.25) is 10.1 Å². The Labute approximate surface area is 121 Å². The lowest BCUT2D eigenvalue weighted by Crippen LogP contribution is -2.08. The number of nitro benzene ring substituents is 1. The molecule has 0 fully saturated rings. The number of benzene rings is 2. The summed E-state index contributed by atoms with van der Waals surface area (Å²) < 4.78 is 40.5. The zero-order chi connectivity index (χ0) is 15.5. The summed E-state index contributed by atoms with van der Waals surface area (Å²) in [5.41, 5.74) is -0.631. The van der Waals surface area contributed by atoms with Crippen LogP contribution in [0.1, 0.15) is 0 Å². The Morgan fingerprint density at radius 1 is 1.00 bits per heavy atom. The standard InChI is InChI=1S/C12H9NO6PS/c14-13(15)11-8-4-5-9-12(11)21(17,18)19-20(16)10-6-2-1-3-7-10/h1-9H/q+1. The Bertz CT molecular complexity index is 790. The summed E-state index contributed by atoms with van der Waals surface area (Å²) in [4.78, 5) is 9.37. The first-order chi connectivity index (χ1) is 9.92. The van der Waals surface area contributed by atoms with E-state index in [-0.39, 0.29) is 5.30 Å². The minimum atomic E-state index is -4.51. The monoisotopic (exact) mass is 326 g/mol. The maximum atomic E-state index is 12.0. The van der Waals surface area contributed by atoms with Gasteiger partial charge < -0.3 is 0 Å². The van der Waals surface area contributed by atoms with E-state index < -0.39 is 33.7 Å². The SMILES string of the molecule is O=[N+]([O-])c1ccccc1S(=O)(=O)O[P+](=O)c1ccccc1. The second kappa shape index (κ2) is 6.09. The van der Waals surface area contributed by atoms with E-state index in [0.717, 1.165) is 12.1 Å². The first-order valence-electron chi connectivity index (χ1n) is 5.62. The fourth-order valence-electron chi connectivity index (χ4n) is 1.54. The molecule has 0 spiro atoms. The van der Waals surface area contributed by atoms with E-state index in [9.17, 15) is 23.1 Å². The van der Waals surface area contributed by atoms with E-state index >= 15 is 0 Å². The van der Waals surface area contributed by atoms with Crippen molar-refractivity contribution >= 4 is 29.1 Å². The molecule has 7 nitrogen and oxygen atoms in total. The zero-order valence-corrected chi connectivity index (χ0v) is 12.2. The van der Waals surface area contributed by atoms with E-state index in [1.54, 1.807) is 18.2 Å². The number of hydrogen-bond donors (Lipinski definition) is 0. The lowest BCUT2D eigenvalue weighted by atomic mass is 10.3. The minimum absolute atomic E-state index is 0.176. The molecule has 0 aliphatic carbocycles. The largest absolute Gasteiger partial charge is 0.566 e. The molecule has 0 saturated heterocycles. The smallest absolute Gasteiger partial charge is 0.258 e. The van der Waals surface area contributed by atoms with Crippen LogP contribution >= 0.6 is 8.03 Å². The zero-order valence-electron chi connectivity index (χ0n) is 10.4. The molecule has 0 bridgehead atoms.